The van der Waals surface area contributed by atoms with Gasteiger partial charge in [0.05, 0.1) is 0 Å². The molecule has 2 aromatic rings. The second-order valence-electron chi connectivity index (χ2n) is 6.21. The molecule has 5 nitrogen and oxygen atoms in total. The van der Waals surface area contributed by atoms with E-state index in [1.807, 2.05) is 30.5 Å². The van der Waals surface area contributed by atoms with Crippen molar-refractivity contribution in [2.24, 2.45) is 0 Å². The van der Waals surface area contributed by atoms with Crippen LogP contribution in [0.2, 0.25) is 0 Å². The molecular formula is C19H22BrFN2O3S2. The Balaban J connectivity index is 2.18. The lowest BCUT2D eigenvalue weighted by Crippen LogP contribution is -2.47. The Morgan fingerprint density at radius 1 is 1.21 bits per heavy atom. The maximum absolute atomic E-state index is 13.9. The van der Waals surface area contributed by atoms with Crippen molar-refractivity contribution in [1.29, 1.82) is 0 Å². The Morgan fingerprint density at radius 2 is 1.86 bits per heavy atom. The number of hydrogen-bond acceptors (Lipinski definition) is 4. The SMILES string of the molecule is CSCCC(NS(=O)(=O)c1ccccc1F)C(=O)N(C)Cc1ccc(Br)cc1. The molecule has 2 aromatic carbocycles. The second kappa shape index (κ2) is 10.4. The van der Waals surface area contributed by atoms with Crippen LogP contribution in [-0.4, -0.2) is 44.3 Å². The predicted molar refractivity (Wildman–Crippen MR) is 114 cm³/mol. The van der Waals surface area contributed by atoms with Gasteiger partial charge < -0.3 is 4.90 Å². The van der Waals surface area contributed by atoms with Crippen molar-refractivity contribution in [3.05, 3.63) is 64.4 Å². The second-order valence-corrected chi connectivity index (χ2v) is 9.79. The standard InChI is InChI=1S/C19H22BrFN2O3S2/c1-23(13-14-7-9-15(20)10-8-14)19(24)17(11-12-27-2)22-28(25,26)18-6-4-3-5-16(18)21/h3-10,17,22H,11-13H2,1-2H3. The maximum atomic E-state index is 13.9. The minimum atomic E-state index is -4.17. The Bertz CT molecular complexity index is 908. The third-order valence-corrected chi connectivity index (χ3v) is 6.72. The molecule has 0 fully saturated rings. The summed E-state index contributed by atoms with van der Waals surface area (Å²) in [6, 6.07) is 11.7. The van der Waals surface area contributed by atoms with Crippen LogP contribution in [0.4, 0.5) is 4.39 Å². The van der Waals surface area contributed by atoms with Gasteiger partial charge in [0.2, 0.25) is 15.9 Å². The van der Waals surface area contributed by atoms with Crippen LogP contribution in [0.5, 0.6) is 0 Å². The summed E-state index contributed by atoms with van der Waals surface area (Å²) in [6.45, 7) is 0.337. The fraction of sp³-hybridized carbons (Fsp3) is 0.316. The zero-order valence-corrected chi connectivity index (χ0v) is 18.8. The first-order valence-corrected chi connectivity index (χ1v) is 12.2. The van der Waals surface area contributed by atoms with Crippen LogP contribution in [0.15, 0.2) is 57.9 Å². The quantitative estimate of drug-likeness (QED) is 0.584. The highest BCUT2D eigenvalue weighted by Gasteiger charge is 2.29. The van der Waals surface area contributed by atoms with Gasteiger partial charge in [0.15, 0.2) is 0 Å². The number of nitrogens with zero attached hydrogens (tertiary/aromatic N) is 1. The molecule has 0 aromatic heterocycles. The van der Waals surface area contributed by atoms with E-state index in [9.17, 15) is 17.6 Å². The lowest BCUT2D eigenvalue weighted by atomic mass is 10.2. The summed E-state index contributed by atoms with van der Waals surface area (Å²) >= 11 is 4.87. The van der Waals surface area contributed by atoms with Crippen molar-refractivity contribution < 1.29 is 17.6 Å². The summed E-state index contributed by atoms with van der Waals surface area (Å²) in [5, 5.41) is 0. The molecule has 0 saturated carbocycles. The van der Waals surface area contributed by atoms with Gasteiger partial charge in [0.25, 0.3) is 0 Å². The number of sulfonamides is 1. The highest BCUT2D eigenvalue weighted by atomic mass is 79.9. The topological polar surface area (TPSA) is 66.5 Å². The number of carbonyl (C=O) groups excluding carboxylic acids is 1. The number of hydrogen-bond donors (Lipinski definition) is 1. The Labute approximate surface area is 177 Å². The first kappa shape index (κ1) is 22.9. The molecule has 1 amide bonds. The summed E-state index contributed by atoms with van der Waals surface area (Å²) < 4.78 is 42.5. The number of halogens is 2. The molecule has 0 aliphatic rings. The third kappa shape index (κ3) is 6.30. The van der Waals surface area contributed by atoms with Crippen LogP contribution in [-0.2, 0) is 21.4 Å². The molecule has 152 valence electrons. The van der Waals surface area contributed by atoms with Crippen LogP contribution in [0.3, 0.4) is 0 Å². The zero-order chi connectivity index (χ0) is 20.7. The average molecular weight is 489 g/mol. The van der Waals surface area contributed by atoms with E-state index < -0.39 is 26.8 Å². The zero-order valence-electron chi connectivity index (χ0n) is 15.6. The van der Waals surface area contributed by atoms with Crippen molar-refractivity contribution in [1.82, 2.24) is 9.62 Å². The first-order chi connectivity index (χ1) is 13.2. The van der Waals surface area contributed by atoms with Gasteiger partial charge in [-0.2, -0.15) is 16.5 Å². The largest absolute Gasteiger partial charge is 0.340 e. The van der Waals surface area contributed by atoms with Crippen molar-refractivity contribution in [3.8, 4) is 0 Å². The maximum Gasteiger partial charge on any atom is 0.244 e. The van der Waals surface area contributed by atoms with E-state index in [1.54, 1.807) is 7.05 Å². The van der Waals surface area contributed by atoms with Crippen molar-refractivity contribution in [2.45, 2.75) is 23.9 Å². The number of nitrogens with one attached hydrogen (secondary N) is 1. The number of likely N-dealkylation sites (N-methyl/N-ethyl adjacent to an activating group) is 1. The summed E-state index contributed by atoms with van der Waals surface area (Å²) in [5.74, 6) is -0.631. The van der Waals surface area contributed by atoms with Crippen molar-refractivity contribution >= 4 is 43.6 Å². The average Bonchev–Trinajstić information content (AvgIpc) is 2.66. The van der Waals surface area contributed by atoms with E-state index in [1.165, 1.54) is 34.9 Å². The molecule has 0 aliphatic heterocycles. The molecule has 2 rings (SSSR count). The minimum absolute atomic E-state index is 0.304. The van der Waals surface area contributed by atoms with Gasteiger partial charge in [-0.1, -0.05) is 40.2 Å². The van der Waals surface area contributed by atoms with E-state index >= 15 is 0 Å². The number of carbonyl (C=O) groups is 1. The number of rotatable bonds is 9. The molecule has 1 N–H and O–H groups in total. The number of amides is 1. The van der Waals surface area contributed by atoms with Crippen molar-refractivity contribution in [3.63, 3.8) is 0 Å². The molecule has 0 heterocycles. The van der Waals surface area contributed by atoms with Gasteiger partial charge in [0, 0.05) is 18.1 Å². The van der Waals surface area contributed by atoms with E-state index in [2.05, 4.69) is 20.7 Å². The minimum Gasteiger partial charge on any atom is -0.340 e. The summed E-state index contributed by atoms with van der Waals surface area (Å²) in [4.78, 5) is 13.9. The highest BCUT2D eigenvalue weighted by molar-refractivity contribution is 9.10. The van der Waals surface area contributed by atoms with Crippen LogP contribution >= 0.6 is 27.7 Å². The van der Waals surface area contributed by atoms with Crippen LogP contribution in [0.1, 0.15) is 12.0 Å². The van der Waals surface area contributed by atoms with Crippen LogP contribution in [0, 0.1) is 5.82 Å². The van der Waals surface area contributed by atoms with Crippen LogP contribution in [0.25, 0.3) is 0 Å². The number of thioether (sulfide) groups is 1. The molecule has 0 bridgehead atoms. The summed E-state index contributed by atoms with van der Waals surface area (Å²) in [6.07, 6.45) is 2.18. The van der Waals surface area contributed by atoms with Crippen molar-refractivity contribution in [2.75, 3.05) is 19.1 Å². The Morgan fingerprint density at radius 3 is 2.46 bits per heavy atom. The van der Waals surface area contributed by atoms with E-state index in [0.717, 1.165) is 16.1 Å². The summed E-state index contributed by atoms with van der Waals surface area (Å²) in [7, 11) is -2.55. The molecule has 0 saturated heterocycles. The normalized spacial score (nSPS) is 12.6. The van der Waals surface area contributed by atoms with Gasteiger partial charge in [-0.15, -0.1) is 0 Å². The number of benzene rings is 2. The predicted octanol–water partition coefficient (Wildman–Crippen LogP) is 3.65. The Hall–Kier alpha value is -1.42. The lowest BCUT2D eigenvalue weighted by molar-refractivity contribution is -0.132. The molecule has 1 unspecified atom stereocenters. The van der Waals surface area contributed by atoms with E-state index in [4.69, 9.17) is 0 Å². The lowest BCUT2D eigenvalue weighted by Gasteiger charge is -2.24. The monoisotopic (exact) mass is 488 g/mol. The van der Waals surface area contributed by atoms with Gasteiger partial charge in [-0.25, -0.2) is 12.8 Å². The fourth-order valence-electron chi connectivity index (χ4n) is 2.59. The molecule has 0 spiro atoms. The molecular weight excluding hydrogens is 467 g/mol. The molecule has 1 atom stereocenters. The fourth-order valence-corrected chi connectivity index (χ4v) is 4.63. The van der Waals surface area contributed by atoms with E-state index in [-0.39, 0.29) is 5.91 Å². The van der Waals surface area contributed by atoms with Gasteiger partial charge in [0.1, 0.15) is 16.8 Å². The first-order valence-electron chi connectivity index (χ1n) is 8.50. The van der Waals surface area contributed by atoms with Gasteiger partial charge >= 0.3 is 0 Å². The van der Waals surface area contributed by atoms with Crippen LogP contribution < -0.4 is 4.72 Å². The Kier molecular flexibility index (Phi) is 8.48. The molecule has 28 heavy (non-hydrogen) atoms. The van der Waals surface area contributed by atoms with E-state index in [0.29, 0.717) is 18.7 Å². The van der Waals surface area contributed by atoms with Gasteiger partial charge in [-0.05, 0) is 48.3 Å². The molecule has 0 radical (unpaired) electrons. The molecule has 9 heteroatoms. The van der Waals surface area contributed by atoms with Gasteiger partial charge in [-0.3, -0.25) is 4.79 Å². The smallest absolute Gasteiger partial charge is 0.244 e. The summed E-state index contributed by atoms with van der Waals surface area (Å²) in [5.41, 5.74) is 0.916. The molecule has 0 aliphatic carbocycles. The third-order valence-electron chi connectivity index (χ3n) is 4.04. The highest BCUT2D eigenvalue weighted by Crippen LogP contribution is 2.17.